The molecule has 17 nitrogen and oxygen atoms in total. The molecule has 0 bridgehead atoms. The average Bonchev–Trinajstić information content (AvgIpc) is 3.48. The fourth-order valence-corrected chi connectivity index (χ4v) is 9.12. The lowest BCUT2D eigenvalue weighted by Crippen LogP contribution is -2.62. The molecule has 0 saturated carbocycles. The van der Waals surface area contributed by atoms with Gasteiger partial charge in [-0.05, 0) is 94.6 Å². The smallest absolute Gasteiger partial charge is 0.408 e. The summed E-state index contributed by atoms with van der Waals surface area (Å²) in [5.74, 6) is -4.68. The predicted molar refractivity (Wildman–Crippen MR) is 288 cm³/mol. The minimum absolute atomic E-state index is 0.0857. The Balaban J connectivity index is 1.30. The van der Waals surface area contributed by atoms with Gasteiger partial charge in [0.1, 0.15) is 35.4 Å². The zero-order chi connectivity index (χ0) is 55.8. The van der Waals surface area contributed by atoms with Crippen molar-refractivity contribution >= 4 is 53.7 Å². The molecule has 1 saturated heterocycles. The number of hydrogen-bond acceptors (Lipinski definition) is 15. The van der Waals surface area contributed by atoms with Crippen molar-refractivity contribution in [2.45, 2.75) is 106 Å². The summed E-state index contributed by atoms with van der Waals surface area (Å²) in [6, 6.07) is 45.1. The summed E-state index contributed by atoms with van der Waals surface area (Å²) in [6.45, 7) is 9.22. The van der Waals surface area contributed by atoms with Gasteiger partial charge in [-0.15, -0.1) is 0 Å². The van der Waals surface area contributed by atoms with Crippen LogP contribution in [0.4, 0.5) is 9.59 Å². The van der Waals surface area contributed by atoms with Gasteiger partial charge in [0.05, 0.1) is 11.1 Å². The highest BCUT2D eigenvalue weighted by Crippen LogP contribution is 2.39. The molecule has 1 heterocycles. The molecule has 1 aliphatic rings. The lowest BCUT2D eigenvalue weighted by atomic mass is 9.98. The fourth-order valence-electron chi connectivity index (χ4n) is 7.99. The molecule has 1 aliphatic heterocycles. The zero-order valence-electron chi connectivity index (χ0n) is 43.8. The number of carbonyl (C=O) groups excluding carboxylic acids is 7. The number of amides is 3. The number of benzene rings is 6. The van der Waals surface area contributed by atoms with Crippen molar-refractivity contribution < 1.29 is 66.7 Å². The highest BCUT2D eigenvalue weighted by molar-refractivity contribution is 7.99. The number of hydrogen-bond donors (Lipinski definition) is 3. The van der Waals surface area contributed by atoms with E-state index in [0.29, 0.717) is 10.5 Å². The third kappa shape index (κ3) is 16.5. The lowest BCUT2D eigenvalue weighted by molar-refractivity contribution is -0.225. The molecule has 0 aromatic heterocycles. The van der Waals surface area contributed by atoms with Crippen LogP contribution in [0.1, 0.15) is 97.1 Å². The van der Waals surface area contributed by atoms with Gasteiger partial charge in [0.25, 0.3) is 0 Å². The van der Waals surface area contributed by atoms with Crippen LogP contribution >= 0.6 is 11.8 Å². The first-order valence-corrected chi connectivity index (χ1v) is 25.9. The maximum absolute atomic E-state index is 15.0. The van der Waals surface area contributed by atoms with Crippen molar-refractivity contribution in [2.75, 3.05) is 6.61 Å². The molecule has 3 amide bonds. The standard InChI is InChI=1S/C60H61N3O14S/c1-59(2,3)76-57(69)62-45(38-25-13-7-14-26-38)51(64)61-46(39-27-15-8-16-28-39)54(67)71-37-44-48(73-55(68)47(40-29-17-9-18-30-40)63-58(70)77-60(4,5)6)49(74-52(65)41-31-19-10-20-32-41)50(75-53(66)42-33-21-11-22-34-42)56(72-44)78-43-35-23-12-24-36-43/h7-36,44-50,56H,37H2,1-6H3,(H,61,64)(H,62,69)(H,63,70)/t44-,45+,46+,47+,48+,49+,50-,56+/m1/s1. The zero-order valence-corrected chi connectivity index (χ0v) is 44.6. The van der Waals surface area contributed by atoms with Crippen LogP contribution in [0.15, 0.2) is 187 Å². The van der Waals surface area contributed by atoms with Gasteiger partial charge in [-0.3, -0.25) is 4.79 Å². The van der Waals surface area contributed by atoms with Crippen molar-refractivity contribution in [3.63, 3.8) is 0 Å². The molecule has 3 N–H and O–H groups in total. The molecule has 0 aliphatic carbocycles. The van der Waals surface area contributed by atoms with Gasteiger partial charge >= 0.3 is 36.1 Å². The van der Waals surface area contributed by atoms with Crippen LogP contribution in [0.5, 0.6) is 0 Å². The third-order valence-corrected chi connectivity index (χ3v) is 12.6. The molecule has 7 rings (SSSR count). The molecule has 78 heavy (non-hydrogen) atoms. The summed E-state index contributed by atoms with van der Waals surface area (Å²) in [5, 5.41) is 7.95. The Morgan fingerprint density at radius 1 is 0.462 bits per heavy atom. The van der Waals surface area contributed by atoms with Crippen LogP contribution < -0.4 is 16.0 Å². The number of rotatable bonds is 18. The van der Waals surface area contributed by atoms with E-state index in [9.17, 15) is 33.6 Å². The molecule has 18 heteroatoms. The van der Waals surface area contributed by atoms with Crippen molar-refractivity contribution in [3.05, 3.63) is 210 Å². The van der Waals surface area contributed by atoms with E-state index in [1.165, 1.54) is 24.3 Å². The molecular weight excluding hydrogens is 1020 g/mol. The maximum atomic E-state index is 15.0. The average molecular weight is 1080 g/mol. The summed E-state index contributed by atoms with van der Waals surface area (Å²) in [6.07, 6.45) is -8.47. The largest absolute Gasteiger partial charge is 0.461 e. The van der Waals surface area contributed by atoms with Crippen LogP contribution in [0.3, 0.4) is 0 Å². The van der Waals surface area contributed by atoms with Gasteiger partial charge in [0, 0.05) is 4.90 Å². The van der Waals surface area contributed by atoms with Gasteiger partial charge in [-0.25, -0.2) is 28.8 Å². The van der Waals surface area contributed by atoms with Crippen LogP contribution in [0.25, 0.3) is 0 Å². The SMILES string of the molecule is CC(C)(C)OC(=O)N[C@H](C(=O)N[C@H](C(=O)OC[C@H]1O[C@@H](Sc2ccccc2)[C@H](OC(=O)c2ccccc2)[C@@H](OC(=O)c2ccccc2)[C@H]1OC(=O)[C@@H](NC(=O)OC(C)(C)C)c1ccccc1)c1ccccc1)c1ccccc1. The number of alkyl carbamates (subject to hydrolysis) is 2. The Kier molecular flexibility index (Phi) is 19.5. The number of ether oxygens (including phenoxy) is 7. The van der Waals surface area contributed by atoms with Crippen molar-refractivity contribution in [1.29, 1.82) is 0 Å². The van der Waals surface area contributed by atoms with Crippen molar-refractivity contribution in [1.82, 2.24) is 16.0 Å². The van der Waals surface area contributed by atoms with Gasteiger partial charge < -0.3 is 49.1 Å². The Hall–Kier alpha value is -8.48. The molecule has 406 valence electrons. The van der Waals surface area contributed by atoms with Crippen LogP contribution in [-0.4, -0.2) is 89.6 Å². The first kappa shape index (κ1) is 57.2. The van der Waals surface area contributed by atoms with Gasteiger partial charge in [0.15, 0.2) is 30.4 Å². The minimum atomic E-state index is -1.78. The van der Waals surface area contributed by atoms with E-state index in [4.69, 9.17) is 33.2 Å². The normalized spacial score (nSPS) is 18.3. The third-order valence-electron chi connectivity index (χ3n) is 11.5. The Morgan fingerprint density at radius 2 is 0.846 bits per heavy atom. The molecule has 6 aromatic rings. The number of thioether (sulfide) groups is 1. The Morgan fingerprint density at radius 3 is 1.29 bits per heavy atom. The van der Waals surface area contributed by atoms with Gasteiger partial charge in [0.2, 0.25) is 5.91 Å². The van der Waals surface area contributed by atoms with E-state index in [1.807, 2.05) is 0 Å². The quantitative estimate of drug-likeness (QED) is 0.0539. The molecule has 6 aromatic carbocycles. The first-order valence-electron chi connectivity index (χ1n) is 25.0. The highest BCUT2D eigenvalue weighted by atomic mass is 32.2. The number of nitrogens with one attached hydrogen (secondary N) is 3. The minimum Gasteiger partial charge on any atom is -0.461 e. The first-order chi connectivity index (χ1) is 37.3. The van der Waals surface area contributed by atoms with Crippen LogP contribution in [0.2, 0.25) is 0 Å². The number of esters is 4. The molecule has 1 fully saturated rings. The second kappa shape index (κ2) is 26.5. The molecule has 8 atom stereocenters. The second-order valence-corrected chi connectivity index (χ2v) is 21.0. The molecule has 0 unspecified atom stereocenters. The fraction of sp³-hybridized carbons (Fsp3) is 0.283. The van der Waals surface area contributed by atoms with E-state index in [2.05, 4.69) is 16.0 Å². The molecule has 0 radical (unpaired) electrons. The lowest BCUT2D eigenvalue weighted by Gasteiger charge is -2.44. The molecular formula is C60H61N3O14S. The maximum Gasteiger partial charge on any atom is 0.408 e. The highest BCUT2D eigenvalue weighted by Gasteiger charge is 2.54. The Labute approximate surface area is 456 Å². The van der Waals surface area contributed by atoms with E-state index in [-0.39, 0.29) is 22.3 Å². The van der Waals surface area contributed by atoms with E-state index < -0.39 is 108 Å². The Bertz CT molecular complexity index is 2960. The van der Waals surface area contributed by atoms with Crippen molar-refractivity contribution in [3.8, 4) is 0 Å². The summed E-state index contributed by atoms with van der Waals surface area (Å²) in [7, 11) is 0. The summed E-state index contributed by atoms with van der Waals surface area (Å²) < 4.78 is 42.9. The number of carbonyl (C=O) groups is 7. The van der Waals surface area contributed by atoms with Crippen LogP contribution in [-0.2, 0) is 47.5 Å². The van der Waals surface area contributed by atoms with Gasteiger partial charge in [-0.1, -0.05) is 157 Å². The van der Waals surface area contributed by atoms with Gasteiger partial charge in [-0.2, -0.15) is 0 Å². The van der Waals surface area contributed by atoms with Crippen LogP contribution in [0, 0.1) is 0 Å². The predicted octanol–water partition coefficient (Wildman–Crippen LogP) is 9.80. The molecule has 0 spiro atoms. The van der Waals surface area contributed by atoms with Crippen molar-refractivity contribution in [2.24, 2.45) is 0 Å². The van der Waals surface area contributed by atoms with E-state index in [1.54, 1.807) is 199 Å². The summed E-state index contributed by atoms with van der Waals surface area (Å²) in [5.41, 5.74) is -2.02. The summed E-state index contributed by atoms with van der Waals surface area (Å²) in [4.78, 5) is 100. The summed E-state index contributed by atoms with van der Waals surface area (Å²) >= 11 is 1.09. The topological polar surface area (TPSA) is 220 Å². The monoisotopic (exact) mass is 1080 g/mol. The van der Waals surface area contributed by atoms with E-state index >= 15 is 0 Å². The van der Waals surface area contributed by atoms with E-state index in [0.717, 1.165) is 11.8 Å². The second-order valence-electron chi connectivity index (χ2n) is 19.8.